The molecule has 0 atom stereocenters. The number of nitrogens with zero attached hydrogens (tertiary/aromatic N) is 5. The summed E-state index contributed by atoms with van der Waals surface area (Å²) in [5.41, 5.74) is 3.75. The maximum absolute atomic E-state index is 12.6. The third kappa shape index (κ3) is 2.16. The van der Waals surface area contributed by atoms with Crippen molar-refractivity contribution < 1.29 is 4.79 Å². The van der Waals surface area contributed by atoms with E-state index >= 15 is 0 Å². The second-order valence-electron chi connectivity index (χ2n) is 5.94. The highest BCUT2D eigenvalue weighted by Crippen LogP contribution is 2.31. The molecule has 1 amide bonds. The number of fused-ring (bicyclic) bond motifs is 2. The Balaban J connectivity index is 1.47. The summed E-state index contributed by atoms with van der Waals surface area (Å²) in [6.07, 6.45) is 0. The van der Waals surface area contributed by atoms with Gasteiger partial charge in [0.1, 0.15) is 5.01 Å². The zero-order valence-electron chi connectivity index (χ0n) is 13.4. The number of carbonyl (C=O) groups excluding carboxylic acids is 1. The molecule has 0 spiro atoms. The van der Waals surface area contributed by atoms with Gasteiger partial charge in [-0.05, 0) is 42.8 Å². The Kier molecular flexibility index (Phi) is 2.98. The summed E-state index contributed by atoms with van der Waals surface area (Å²) in [6, 6.07) is 15.7. The summed E-state index contributed by atoms with van der Waals surface area (Å²) < 4.78 is 1.74. The van der Waals surface area contributed by atoms with Crippen LogP contribution >= 0.6 is 11.3 Å². The van der Waals surface area contributed by atoms with Gasteiger partial charge in [-0.25, -0.2) is 0 Å². The lowest BCUT2D eigenvalue weighted by Gasteiger charge is -2.15. The molecule has 2 aromatic carbocycles. The molecule has 122 valence electrons. The monoisotopic (exact) mass is 347 g/mol. The summed E-state index contributed by atoms with van der Waals surface area (Å²) >= 11 is 1.50. The molecule has 3 heterocycles. The molecule has 0 saturated carbocycles. The first-order valence-electron chi connectivity index (χ1n) is 7.90. The van der Waals surface area contributed by atoms with Crippen LogP contribution in [0.3, 0.4) is 0 Å². The van der Waals surface area contributed by atoms with Gasteiger partial charge >= 0.3 is 0 Å². The number of aromatic nitrogens is 4. The predicted octanol–water partition coefficient (Wildman–Crippen LogP) is 3.32. The Morgan fingerprint density at radius 2 is 1.84 bits per heavy atom. The van der Waals surface area contributed by atoms with Gasteiger partial charge in [0.2, 0.25) is 4.96 Å². The normalized spacial score (nSPS) is 13.6. The molecule has 0 unspecified atom stereocenters. The molecule has 2 aromatic heterocycles. The van der Waals surface area contributed by atoms with E-state index in [0.29, 0.717) is 6.54 Å². The molecule has 0 N–H and O–H groups in total. The van der Waals surface area contributed by atoms with E-state index in [1.54, 1.807) is 9.42 Å². The lowest BCUT2D eigenvalue weighted by atomic mass is 10.1. The molecule has 7 heteroatoms. The van der Waals surface area contributed by atoms with Crippen molar-refractivity contribution in [2.45, 2.75) is 13.5 Å². The minimum Gasteiger partial charge on any atom is -0.304 e. The van der Waals surface area contributed by atoms with E-state index in [1.807, 2.05) is 55.5 Å². The molecule has 4 aromatic rings. The fourth-order valence-electron chi connectivity index (χ4n) is 3.08. The van der Waals surface area contributed by atoms with Crippen LogP contribution in [0.4, 0.5) is 5.69 Å². The van der Waals surface area contributed by atoms with Crippen LogP contribution in [-0.2, 0) is 6.54 Å². The number of anilines is 1. The predicted molar refractivity (Wildman–Crippen MR) is 95.8 cm³/mol. The smallest absolute Gasteiger partial charge is 0.258 e. The molecule has 0 aliphatic carbocycles. The molecular weight excluding hydrogens is 334 g/mol. The quantitative estimate of drug-likeness (QED) is 0.558. The second kappa shape index (κ2) is 5.22. The van der Waals surface area contributed by atoms with Crippen molar-refractivity contribution in [3.05, 3.63) is 65.5 Å². The highest BCUT2D eigenvalue weighted by atomic mass is 32.1. The van der Waals surface area contributed by atoms with Crippen LogP contribution in [0, 0.1) is 6.92 Å². The first kappa shape index (κ1) is 14.3. The molecule has 6 nitrogen and oxygen atoms in total. The van der Waals surface area contributed by atoms with Gasteiger partial charge in [-0.3, -0.25) is 4.79 Å². The van der Waals surface area contributed by atoms with Crippen molar-refractivity contribution in [3.8, 4) is 10.6 Å². The maximum atomic E-state index is 12.6. The Morgan fingerprint density at radius 3 is 2.60 bits per heavy atom. The molecule has 0 radical (unpaired) electrons. The third-order valence-electron chi connectivity index (χ3n) is 4.39. The summed E-state index contributed by atoms with van der Waals surface area (Å²) in [5, 5.41) is 13.5. The number of amides is 1. The number of carbonyl (C=O) groups is 1. The van der Waals surface area contributed by atoms with Crippen LogP contribution < -0.4 is 4.90 Å². The first-order chi connectivity index (χ1) is 12.2. The van der Waals surface area contributed by atoms with Crippen molar-refractivity contribution in [2.24, 2.45) is 0 Å². The molecular formula is C18H13N5OS. The topological polar surface area (TPSA) is 63.4 Å². The summed E-state index contributed by atoms with van der Waals surface area (Å²) in [6.45, 7) is 2.49. The zero-order chi connectivity index (χ0) is 17.0. The summed E-state index contributed by atoms with van der Waals surface area (Å²) in [7, 11) is 0. The minimum absolute atomic E-state index is 0.0535. The fraction of sp³-hybridized carbons (Fsp3) is 0.111. The first-order valence-corrected chi connectivity index (χ1v) is 8.71. The second-order valence-corrected chi connectivity index (χ2v) is 6.90. The van der Waals surface area contributed by atoms with Crippen molar-refractivity contribution in [2.75, 3.05) is 4.90 Å². The van der Waals surface area contributed by atoms with Crippen LogP contribution in [0.15, 0.2) is 48.5 Å². The van der Waals surface area contributed by atoms with Crippen LogP contribution in [0.5, 0.6) is 0 Å². The summed E-state index contributed by atoms with van der Waals surface area (Å²) in [5.74, 6) is 0.826. The number of hydrogen-bond donors (Lipinski definition) is 0. The van der Waals surface area contributed by atoms with Crippen molar-refractivity contribution in [3.63, 3.8) is 0 Å². The van der Waals surface area contributed by atoms with E-state index in [2.05, 4.69) is 15.3 Å². The van der Waals surface area contributed by atoms with E-state index < -0.39 is 0 Å². The Bertz CT molecular complexity index is 1110. The van der Waals surface area contributed by atoms with Gasteiger partial charge in [0.05, 0.1) is 6.54 Å². The molecule has 1 aliphatic rings. The van der Waals surface area contributed by atoms with Gasteiger partial charge < -0.3 is 4.90 Å². The van der Waals surface area contributed by atoms with E-state index in [9.17, 15) is 4.79 Å². The minimum atomic E-state index is 0.0535. The SMILES string of the molecule is Cc1nnc2sc(-c3ccc(N4Cc5ccccc5C4=O)cc3)nn12. The van der Waals surface area contributed by atoms with Crippen LogP contribution in [0.2, 0.25) is 0 Å². The fourth-order valence-corrected chi connectivity index (χ4v) is 3.97. The molecule has 0 saturated heterocycles. The standard InChI is InChI=1S/C18H13N5OS/c1-11-19-20-18-23(11)21-16(25-18)12-6-8-14(9-7-12)22-10-13-4-2-3-5-15(13)17(22)24/h2-9H,10H2,1H3. The van der Waals surface area contributed by atoms with Gasteiger partial charge in [-0.1, -0.05) is 29.5 Å². The van der Waals surface area contributed by atoms with Gasteiger partial charge in [0, 0.05) is 16.8 Å². The number of hydrogen-bond acceptors (Lipinski definition) is 5. The summed E-state index contributed by atoms with van der Waals surface area (Å²) in [4.78, 5) is 15.2. The molecule has 0 fully saturated rings. The average Bonchev–Trinajstić information content (AvgIpc) is 3.31. The highest BCUT2D eigenvalue weighted by molar-refractivity contribution is 7.19. The van der Waals surface area contributed by atoms with Crippen molar-refractivity contribution >= 4 is 27.9 Å². The van der Waals surface area contributed by atoms with Crippen molar-refractivity contribution in [1.29, 1.82) is 0 Å². The van der Waals surface area contributed by atoms with Gasteiger partial charge in [0.15, 0.2) is 5.82 Å². The largest absolute Gasteiger partial charge is 0.304 e. The zero-order valence-corrected chi connectivity index (χ0v) is 14.2. The molecule has 1 aliphatic heterocycles. The van der Waals surface area contributed by atoms with E-state index in [4.69, 9.17) is 0 Å². The van der Waals surface area contributed by atoms with E-state index in [-0.39, 0.29) is 5.91 Å². The average molecular weight is 347 g/mol. The molecule has 25 heavy (non-hydrogen) atoms. The van der Waals surface area contributed by atoms with Crippen LogP contribution in [0.1, 0.15) is 21.7 Å². The lowest BCUT2D eigenvalue weighted by Crippen LogP contribution is -2.22. The van der Waals surface area contributed by atoms with Gasteiger partial charge in [0.25, 0.3) is 5.91 Å². The Labute approximate surface area is 147 Å². The van der Waals surface area contributed by atoms with Crippen LogP contribution in [-0.4, -0.2) is 25.7 Å². The number of aryl methyl sites for hydroxylation is 1. The lowest BCUT2D eigenvalue weighted by molar-refractivity contribution is 0.0996. The molecule has 5 rings (SSSR count). The van der Waals surface area contributed by atoms with Gasteiger partial charge in [-0.2, -0.15) is 9.61 Å². The van der Waals surface area contributed by atoms with Crippen molar-refractivity contribution in [1.82, 2.24) is 19.8 Å². The number of rotatable bonds is 2. The Hall–Kier alpha value is -3.06. The van der Waals surface area contributed by atoms with E-state index in [1.165, 1.54) is 11.3 Å². The molecule has 0 bridgehead atoms. The van der Waals surface area contributed by atoms with Gasteiger partial charge in [-0.15, -0.1) is 10.2 Å². The highest BCUT2D eigenvalue weighted by Gasteiger charge is 2.27. The van der Waals surface area contributed by atoms with Crippen LogP contribution in [0.25, 0.3) is 15.5 Å². The third-order valence-corrected chi connectivity index (χ3v) is 5.34. The number of benzene rings is 2. The maximum Gasteiger partial charge on any atom is 0.258 e. The Morgan fingerprint density at radius 1 is 1.04 bits per heavy atom. The van der Waals surface area contributed by atoms with E-state index in [0.717, 1.165) is 38.2 Å².